The molecule has 1 fully saturated rings. The van der Waals surface area contributed by atoms with Gasteiger partial charge in [-0.05, 0) is 17.7 Å². The number of rotatable bonds is 2. The van der Waals surface area contributed by atoms with Crippen molar-refractivity contribution in [2.45, 2.75) is 12.2 Å². The molecule has 15 heavy (non-hydrogen) atoms. The summed E-state index contributed by atoms with van der Waals surface area (Å²) in [6.07, 6.45) is 2.15. The second kappa shape index (κ2) is 3.48. The van der Waals surface area contributed by atoms with Crippen LogP contribution in [0.2, 0.25) is 0 Å². The van der Waals surface area contributed by atoms with Gasteiger partial charge in [-0.25, -0.2) is 0 Å². The average molecular weight is 197 g/mol. The fraction of sp³-hybridized carbons (Fsp3) is 0.154. The molecule has 0 radical (unpaired) electrons. The van der Waals surface area contributed by atoms with Crippen LogP contribution in [0.4, 0.5) is 0 Å². The van der Waals surface area contributed by atoms with E-state index in [-0.39, 0.29) is 12.2 Å². The average Bonchev–Trinajstić information content (AvgIpc) is 3.11. The Morgan fingerprint density at radius 3 is 2.40 bits per heavy atom. The molecule has 2 nitrogen and oxygen atoms in total. The molecule has 3 rings (SSSR count). The number of nitrogens with zero attached hydrogens (tertiary/aromatic N) is 1. The summed E-state index contributed by atoms with van der Waals surface area (Å²) in [6.45, 7) is 0. The largest absolute Gasteiger partial charge is 0.358 e. The van der Waals surface area contributed by atoms with Gasteiger partial charge in [0.1, 0.15) is 12.2 Å². The van der Waals surface area contributed by atoms with Crippen LogP contribution in [0.3, 0.4) is 0 Å². The van der Waals surface area contributed by atoms with Crippen molar-refractivity contribution in [3.8, 4) is 0 Å². The number of hydrogen-bond donors (Lipinski definition) is 0. The highest BCUT2D eigenvalue weighted by Gasteiger charge is 2.42. The zero-order valence-corrected chi connectivity index (χ0v) is 8.21. The summed E-state index contributed by atoms with van der Waals surface area (Å²) in [5.41, 5.74) is 2.25. The molecular formula is C13H11NO. The van der Waals surface area contributed by atoms with Crippen molar-refractivity contribution in [3.63, 3.8) is 0 Å². The minimum atomic E-state index is 0.147. The molecule has 0 saturated carbocycles. The fourth-order valence-electron chi connectivity index (χ4n) is 1.78. The minimum Gasteiger partial charge on any atom is -0.358 e. The quantitative estimate of drug-likeness (QED) is 0.692. The molecule has 74 valence electrons. The lowest BCUT2D eigenvalue weighted by molar-refractivity contribution is 0.375. The molecule has 1 aromatic heterocycles. The van der Waals surface area contributed by atoms with Crippen molar-refractivity contribution in [1.29, 1.82) is 0 Å². The zero-order chi connectivity index (χ0) is 10.1. The van der Waals surface area contributed by atoms with E-state index in [0.717, 1.165) is 5.69 Å². The van der Waals surface area contributed by atoms with Crippen molar-refractivity contribution in [3.05, 3.63) is 66.0 Å². The first-order valence-electron chi connectivity index (χ1n) is 5.06. The fourth-order valence-corrected chi connectivity index (χ4v) is 1.78. The Morgan fingerprint density at radius 1 is 0.867 bits per heavy atom. The number of ether oxygens (including phenoxy) is 1. The molecule has 0 unspecified atom stereocenters. The number of epoxide rings is 1. The first kappa shape index (κ1) is 8.62. The third kappa shape index (κ3) is 1.64. The smallest absolute Gasteiger partial charge is 0.131 e. The first-order valence-corrected chi connectivity index (χ1v) is 5.06. The predicted molar refractivity (Wildman–Crippen MR) is 57.2 cm³/mol. The van der Waals surface area contributed by atoms with E-state index in [4.69, 9.17) is 4.74 Å². The van der Waals surface area contributed by atoms with Crippen LogP contribution < -0.4 is 0 Å². The highest BCUT2D eigenvalue weighted by atomic mass is 16.6. The Balaban J connectivity index is 1.81. The maximum absolute atomic E-state index is 5.63. The zero-order valence-electron chi connectivity index (χ0n) is 8.21. The van der Waals surface area contributed by atoms with E-state index in [1.54, 1.807) is 6.20 Å². The summed E-state index contributed by atoms with van der Waals surface area (Å²) in [7, 11) is 0. The van der Waals surface area contributed by atoms with Gasteiger partial charge in [0.15, 0.2) is 0 Å². The second-order valence-electron chi connectivity index (χ2n) is 3.64. The third-order valence-electron chi connectivity index (χ3n) is 2.60. The summed E-state index contributed by atoms with van der Waals surface area (Å²) < 4.78 is 5.63. The van der Waals surface area contributed by atoms with Gasteiger partial charge in [0, 0.05) is 6.20 Å². The van der Waals surface area contributed by atoms with E-state index in [1.807, 2.05) is 36.4 Å². The van der Waals surface area contributed by atoms with Crippen molar-refractivity contribution in [2.75, 3.05) is 0 Å². The molecule has 1 aromatic carbocycles. The highest BCUT2D eigenvalue weighted by Crippen LogP contribution is 2.49. The van der Waals surface area contributed by atoms with Crippen LogP contribution in [0.25, 0.3) is 0 Å². The Morgan fingerprint density at radius 2 is 1.67 bits per heavy atom. The maximum atomic E-state index is 5.63. The van der Waals surface area contributed by atoms with E-state index >= 15 is 0 Å². The van der Waals surface area contributed by atoms with Gasteiger partial charge in [0.2, 0.25) is 0 Å². The van der Waals surface area contributed by atoms with Gasteiger partial charge < -0.3 is 4.74 Å². The topological polar surface area (TPSA) is 25.4 Å². The van der Waals surface area contributed by atoms with E-state index < -0.39 is 0 Å². The molecule has 2 aromatic rings. The van der Waals surface area contributed by atoms with Crippen LogP contribution in [0, 0.1) is 0 Å². The van der Waals surface area contributed by atoms with Crippen LogP contribution >= 0.6 is 0 Å². The van der Waals surface area contributed by atoms with Gasteiger partial charge in [-0.1, -0.05) is 36.4 Å². The molecule has 1 saturated heterocycles. The van der Waals surface area contributed by atoms with Crippen molar-refractivity contribution in [2.24, 2.45) is 0 Å². The predicted octanol–water partition coefficient (Wildman–Crippen LogP) is 2.89. The summed E-state index contributed by atoms with van der Waals surface area (Å²) in [6, 6.07) is 16.2. The molecule has 1 aliphatic rings. The SMILES string of the molecule is c1ccc([C@H]2O[C@H]2c2ccccn2)cc1. The Kier molecular flexibility index (Phi) is 2.00. The molecule has 2 atom stereocenters. The maximum Gasteiger partial charge on any atom is 0.131 e. The molecule has 0 N–H and O–H groups in total. The van der Waals surface area contributed by atoms with Crippen LogP contribution in [0.1, 0.15) is 23.5 Å². The second-order valence-corrected chi connectivity index (χ2v) is 3.64. The minimum absolute atomic E-state index is 0.147. The molecule has 2 heterocycles. The summed E-state index contributed by atoms with van der Waals surface area (Å²) in [5.74, 6) is 0. The van der Waals surface area contributed by atoms with Gasteiger partial charge >= 0.3 is 0 Å². The molecule has 0 spiro atoms. The van der Waals surface area contributed by atoms with Gasteiger partial charge in [-0.3, -0.25) is 4.98 Å². The third-order valence-corrected chi connectivity index (χ3v) is 2.60. The van der Waals surface area contributed by atoms with E-state index in [2.05, 4.69) is 17.1 Å². The molecular weight excluding hydrogens is 186 g/mol. The van der Waals surface area contributed by atoms with Crippen LogP contribution in [0.5, 0.6) is 0 Å². The highest BCUT2D eigenvalue weighted by molar-refractivity contribution is 5.26. The lowest BCUT2D eigenvalue weighted by Crippen LogP contribution is -1.86. The van der Waals surface area contributed by atoms with Crippen LogP contribution in [-0.2, 0) is 4.74 Å². The monoisotopic (exact) mass is 197 g/mol. The summed E-state index contributed by atoms with van der Waals surface area (Å²) in [5, 5.41) is 0. The van der Waals surface area contributed by atoms with Gasteiger partial charge in [-0.2, -0.15) is 0 Å². The van der Waals surface area contributed by atoms with Gasteiger partial charge in [-0.15, -0.1) is 0 Å². The Bertz CT molecular complexity index is 397. The van der Waals surface area contributed by atoms with Crippen LogP contribution in [-0.4, -0.2) is 4.98 Å². The summed E-state index contributed by atoms with van der Waals surface area (Å²) >= 11 is 0. The number of benzene rings is 1. The molecule has 2 heteroatoms. The Labute approximate surface area is 88.5 Å². The number of hydrogen-bond acceptors (Lipinski definition) is 2. The Hall–Kier alpha value is -1.67. The van der Waals surface area contributed by atoms with Crippen molar-refractivity contribution < 1.29 is 4.74 Å². The molecule has 1 aliphatic heterocycles. The lowest BCUT2D eigenvalue weighted by Gasteiger charge is -1.94. The molecule has 0 amide bonds. The molecule has 0 bridgehead atoms. The number of pyridine rings is 1. The molecule has 0 aliphatic carbocycles. The normalized spacial score (nSPS) is 23.7. The van der Waals surface area contributed by atoms with E-state index in [9.17, 15) is 0 Å². The first-order chi connectivity index (χ1) is 7.45. The lowest BCUT2D eigenvalue weighted by atomic mass is 10.1. The summed E-state index contributed by atoms with van der Waals surface area (Å²) in [4.78, 5) is 4.29. The van der Waals surface area contributed by atoms with Crippen molar-refractivity contribution >= 4 is 0 Å². The van der Waals surface area contributed by atoms with Gasteiger partial charge in [0.05, 0.1) is 5.69 Å². The van der Waals surface area contributed by atoms with Crippen molar-refractivity contribution in [1.82, 2.24) is 4.98 Å². The van der Waals surface area contributed by atoms with E-state index in [1.165, 1.54) is 5.56 Å². The standard InChI is InChI=1S/C13H11NO/c1-2-6-10(7-3-1)12-13(15-12)11-8-4-5-9-14-11/h1-9,12-13H/t12-,13+/m1/s1. The van der Waals surface area contributed by atoms with Crippen LogP contribution in [0.15, 0.2) is 54.7 Å². The van der Waals surface area contributed by atoms with E-state index in [0.29, 0.717) is 0 Å². The van der Waals surface area contributed by atoms with Gasteiger partial charge in [0.25, 0.3) is 0 Å². The number of aromatic nitrogens is 1.